The Kier molecular flexibility index (Phi) is 3.68. The Morgan fingerprint density at radius 3 is 2.70 bits per heavy atom. The van der Waals surface area contributed by atoms with Gasteiger partial charge in [0.2, 0.25) is 0 Å². The summed E-state index contributed by atoms with van der Waals surface area (Å²) in [4.78, 5) is 0. The van der Waals surface area contributed by atoms with E-state index in [0.29, 0.717) is 24.7 Å². The molecular formula is C16H15BrO3. The largest absolute Gasteiger partial charge is 0.486 e. The Balaban J connectivity index is 2.00. The second kappa shape index (κ2) is 5.46. The molecule has 0 bridgehead atoms. The van der Waals surface area contributed by atoms with Crippen LogP contribution in [0.3, 0.4) is 0 Å². The molecule has 1 aliphatic rings. The first-order valence-corrected chi connectivity index (χ1v) is 7.28. The maximum Gasteiger partial charge on any atom is 0.175 e. The third-order valence-corrected chi connectivity index (χ3v) is 3.88. The van der Waals surface area contributed by atoms with E-state index in [1.807, 2.05) is 43.3 Å². The standard InChI is InChI=1S/C16H15BrO3/c1-10-3-2-4-11(7-10)15(18)12-8-13(17)16-14(9-12)19-5-6-20-16/h2-4,7-9,15,18H,5-6H2,1H3. The molecule has 2 aromatic carbocycles. The van der Waals surface area contributed by atoms with E-state index in [-0.39, 0.29) is 0 Å². The summed E-state index contributed by atoms with van der Waals surface area (Å²) in [7, 11) is 0. The van der Waals surface area contributed by atoms with Crippen molar-refractivity contribution in [2.24, 2.45) is 0 Å². The summed E-state index contributed by atoms with van der Waals surface area (Å²) in [6, 6.07) is 11.6. The number of aliphatic hydroxyl groups is 1. The zero-order valence-corrected chi connectivity index (χ0v) is 12.7. The normalized spacial score (nSPS) is 14.9. The molecule has 0 aliphatic carbocycles. The number of benzene rings is 2. The summed E-state index contributed by atoms with van der Waals surface area (Å²) in [5, 5.41) is 10.5. The lowest BCUT2D eigenvalue weighted by molar-refractivity contribution is 0.168. The fraction of sp³-hybridized carbons (Fsp3) is 0.250. The van der Waals surface area contributed by atoms with E-state index < -0.39 is 6.10 Å². The van der Waals surface area contributed by atoms with Crippen LogP contribution in [0.5, 0.6) is 11.5 Å². The third-order valence-electron chi connectivity index (χ3n) is 3.29. The number of fused-ring (bicyclic) bond motifs is 1. The summed E-state index contributed by atoms with van der Waals surface area (Å²) in [6.45, 7) is 3.09. The van der Waals surface area contributed by atoms with E-state index >= 15 is 0 Å². The van der Waals surface area contributed by atoms with Crippen LogP contribution in [0.1, 0.15) is 22.8 Å². The highest BCUT2D eigenvalue weighted by atomic mass is 79.9. The smallest absolute Gasteiger partial charge is 0.175 e. The molecule has 0 fully saturated rings. The quantitative estimate of drug-likeness (QED) is 0.911. The molecule has 4 heteroatoms. The van der Waals surface area contributed by atoms with Crippen molar-refractivity contribution in [3.05, 3.63) is 57.6 Å². The molecule has 1 heterocycles. The molecule has 104 valence electrons. The van der Waals surface area contributed by atoms with Crippen LogP contribution in [0, 0.1) is 6.92 Å². The minimum atomic E-state index is -0.679. The Bertz CT molecular complexity index is 640. The van der Waals surface area contributed by atoms with Crippen LogP contribution in [0.4, 0.5) is 0 Å². The molecule has 3 rings (SSSR count). The first-order chi connectivity index (χ1) is 9.65. The predicted molar refractivity (Wildman–Crippen MR) is 80.4 cm³/mol. The number of rotatable bonds is 2. The van der Waals surface area contributed by atoms with Gasteiger partial charge in [-0.05, 0) is 46.1 Å². The topological polar surface area (TPSA) is 38.7 Å². The van der Waals surface area contributed by atoms with Gasteiger partial charge in [-0.1, -0.05) is 29.8 Å². The van der Waals surface area contributed by atoms with Gasteiger partial charge in [0.15, 0.2) is 11.5 Å². The van der Waals surface area contributed by atoms with Gasteiger partial charge in [-0.25, -0.2) is 0 Å². The van der Waals surface area contributed by atoms with Gasteiger partial charge in [0.25, 0.3) is 0 Å². The summed E-state index contributed by atoms with van der Waals surface area (Å²) in [5.41, 5.74) is 2.78. The van der Waals surface area contributed by atoms with Crippen molar-refractivity contribution in [3.63, 3.8) is 0 Å². The van der Waals surface area contributed by atoms with Crippen molar-refractivity contribution in [1.29, 1.82) is 0 Å². The zero-order valence-electron chi connectivity index (χ0n) is 11.1. The van der Waals surface area contributed by atoms with Crippen LogP contribution >= 0.6 is 15.9 Å². The van der Waals surface area contributed by atoms with Crippen LogP contribution in [0.2, 0.25) is 0 Å². The summed E-state index contributed by atoms with van der Waals surface area (Å²) in [6.07, 6.45) is -0.679. The lowest BCUT2D eigenvalue weighted by Gasteiger charge is -2.22. The first kappa shape index (κ1) is 13.5. The molecule has 0 spiro atoms. The fourth-order valence-electron chi connectivity index (χ4n) is 2.32. The van der Waals surface area contributed by atoms with E-state index in [9.17, 15) is 5.11 Å². The summed E-state index contributed by atoms with van der Waals surface area (Å²) in [5.74, 6) is 1.38. The Hall–Kier alpha value is -1.52. The molecule has 0 aromatic heterocycles. The van der Waals surface area contributed by atoms with Gasteiger partial charge in [-0.3, -0.25) is 0 Å². The molecule has 0 saturated carbocycles. The lowest BCUT2D eigenvalue weighted by Crippen LogP contribution is -2.16. The SMILES string of the molecule is Cc1cccc(C(O)c2cc(Br)c3c(c2)OCCO3)c1. The van der Waals surface area contributed by atoms with Gasteiger partial charge in [-0.2, -0.15) is 0 Å². The molecule has 0 saturated heterocycles. The molecule has 1 aliphatic heterocycles. The van der Waals surface area contributed by atoms with E-state index in [2.05, 4.69) is 15.9 Å². The number of hydrogen-bond acceptors (Lipinski definition) is 3. The maximum absolute atomic E-state index is 10.5. The van der Waals surface area contributed by atoms with Crippen molar-refractivity contribution >= 4 is 15.9 Å². The van der Waals surface area contributed by atoms with E-state index in [4.69, 9.17) is 9.47 Å². The molecule has 2 aromatic rings. The van der Waals surface area contributed by atoms with Crippen molar-refractivity contribution < 1.29 is 14.6 Å². The van der Waals surface area contributed by atoms with Gasteiger partial charge in [0.1, 0.15) is 19.3 Å². The minimum Gasteiger partial charge on any atom is -0.486 e. The molecule has 1 N–H and O–H groups in total. The number of aryl methyl sites for hydroxylation is 1. The maximum atomic E-state index is 10.5. The molecule has 3 nitrogen and oxygen atoms in total. The molecule has 1 atom stereocenters. The molecular weight excluding hydrogens is 320 g/mol. The van der Waals surface area contributed by atoms with E-state index in [1.165, 1.54) is 0 Å². The van der Waals surface area contributed by atoms with Gasteiger partial charge in [0, 0.05) is 0 Å². The first-order valence-electron chi connectivity index (χ1n) is 6.49. The van der Waals surface area contributed by atoms with Crippen LogP contribution in [0.15, 0.2) is 40.9 Å². The second-order valence-corrected chi connectivity index (χ2v) is 5.70. The van der Waals surface area contributed by atoms with Gasteiger partial charge < -0.3 is 14.6 Å². The summed E-state index contributed by atoms with van der Waals surface area (Å²) < 4.78 is 12.0. The van der Waals surface area contributed by atoms with Crippen molar-refractivity contribution in [2.45, 2.75) is 13.0 Å². The molecule has 0 amide bonds. The highest BCUT2D eigenvalue weighted by Crippen LogP contribution is 2.40. The van der Waals surface area contributed by atoms with Crippen LogP contribution in [-0.2, 0) is 0 Å². The zero-order chi connectivity index (χ0) is 14.1. The van der Waals surface area contributed by atoms with Crippen molar-refractivity contribution in [3.8, 4) is 11.5 Å². The Labute approximate surface area is 126 Å². The van der Waals surface area contributed by atoms with Crippen molar-refractivity contribution in [1.82, 2.24) is 0 Å². The predicted octanol–water partition coefficient (Wildman–Crippen LogP) is 3.61. The molecule has 20 heavy (non-hydrogen) atoms. The van der Waals surface area contributed by atoms with Gasteiger partial charge in [0.05, 0.1) is 4.47 Å². The van der Waals surface area contributed by atoms with Crippen LogP contribution < -0.4 is 9.47 Å². The van der Waals surface area contributed by atoms with Gasteiger partial charge >= 0.3 is 0 Å². The highest BCUT2D eigenvalue weighted by molar-refractivity contribution is 9.10. The Morgan fingerprint density at radius 2 is 1.90 bits per heavy atom. The minimum absolute atomic E-state index is 0.531. The van der Waals surface area contributed by atoms with E-state index in [0.717, 1.165) is 21.2 Å². The van der Waals surface area contributed by atoms with Crippen LogP contribution in [0.25, 0.3) is 0 Å². The highest BCUT2D eigenvalue weighted by Gasteiger charge is 2.20. The number of halogens is 1. The lowest BCUT2D eigenvalue weighted by atomic mass is 9.99. The molecule has 1 unspecified atom stereocenters. The second-order valence-electron chi connectivity index (χ2n) is 4.84. The monoisotopic (exact) mass is 334 g/mol. The number of aliphatic hydroxyl groups excluding tert-OH is 1. The van der Waals surface area contributed by atoms with Gasteiger partial charge in [-0.15, -0.1) is 0 Å². The number of ether oxygens (including phenoxy) is 2. The summed E-state index contributed by atoms with van der Waals surface area (Å²) >= 11 is 3.47. The van der Waals surface area contributed by atoms with Crippen LogP contribution in [-0.4, -0.2) is 18.3 Å². The molecule has 0 radical (unpaired) electrons. The number of hydrogen-bond donors (Lipinski definition) is 1. The average molecular weight is 335 g/mol. The van der Waals surface area contributed by atoms with E-state index in [1.54, 1.807) is 0 Å². The van der Waals surface area contributed by atoms with Crippen molar-refractivity contribution in [2.75, 3.05) is 13.2 Å². The fourth-order valence-corrected chi connectivity index (χ4v) is 2.90. The third kappa shape index (κ3) is 2.53. The average Bonchev–Trinajstić information content (AvgIpc) is 2.46. The Morgan fingerprint density at radius 1 is 1.10 bits per heavy atom.